The highest BCUT2D eigenvalue weighted by Gasteiger charge is 2.41. The Morgan fingerprint density at radius 1 is 1.16 bits per heavy atom. The number of esters is 1. The lowest BCUT2D eigenvalue weighted by atomic mass is 10.1. The second-order valence-electron chi connectivity index (χ2n) is 7.39. The molecule has 1 aliphatic rings. The van der Waals surface area contributed by atoms with Gasteiger partial charge in [-0.3, -0.25) is 9.69 Å². The van der Waals surface area contributed by atoms with Crippen LogP contribution in [-0.2, 0) is 14.3 Å². The van der Waals surface area contributed by atoms with E-state index in [9.17, 15) is 14.4 Å². The normalized spacial score (nSPS) is 20.2. The van der Waals surface area contributed by atoms with Crippen molar-refractivity contribution in [3.63, 3.8) is 0 Å². The summed E-state index contributed by atoms with van der Waals surface area (Å²) >= 11 is 0. The van der Waals surface area contributed by atoms with Crippen LogP contribution >= 0.6 is 0 Å². The van der Waals surface area contributed by atoms with Gasteiger partial charge in [-0.25, -0.2) is 9.59 Å². The fraction of sp³-hybridized carbons (Fsp3) is 0.526. The number of amides is 1. The summed E-state index contributed by atoms with van der Waals surface area (Å²) in [5.41, 5.74) is -0.153. The van der Waals surface area contributed by atoms with Crippen LogP contribution in [0.4, 0.5) is 4.79 Å². The molecule has 136 valence electrons. The summed E-state index contributed by atoms with van der Waals surface area (Å²) in [5, 5.41) is 0. The maximum atomic E-state index is 12.4. The third-order valence-electron chi connectivity index (χ3n) is 3.85. The Hall–Kier alpha value is -2.37. The number of benzene rings is 1. The Morgan fingerprint density at radius 3 is 2.40 bits per heavy atom. The molecular formula is C19H25NO5. The van der Waals surface area contributed by atoms with Crippen molar-refractivity contribution in [1.29, 1.82) is 0 Å². The van der Waals surface area contributed by atoms with Gasteiger partial charge in [0.1, 0.15) is 11.6 Å². The molecule has 0 bridgehead atoms. The smallest absolute Gasteiger partial charge is 0.411 e. The Labute approximate surface area is 148 Å². The predicted molar refractivity (Wildman–Crippen MR) is 92.2 cm³/mol. The largest absolute Gasteiger partial charge is 0.456 e. The van der Waals surface area contributed by atoms with Crippen molar-refractivity contribution in [1.82, 2.24) is 4.90 Å². The molecule has 1 amide bonds. The summed E-state index contributed by atoms with van der Waals surface area (Å²) in [7, 11) is 0. The number of ketones is 1. The van der Waals surface area contributed by atoms with E-state index in [1.54, 1.807) is 51.1 Å². The first kappa shape index (κ1) is 19.0. The van der Waals surface area contributed by atoms with E-state index in [1.807, 2.05) is 6.92 Å². The summed E-state index contributed by atoms with van der Waals surface area (Å²) in [6, 6.07) is 7.92. The summed E-state index contributed by atoms with van der Waals surface area (Å²) in [6.45, 7) is 7.37. The van der Waals surface area contributed by atoms with Crippen LogP contribution in [0.5, 0.6) is 0 Å². The van der Waals surface area contributed by atoms with Crippen molar-refractivity contribution in [3.8, 4) is 0 Å². The van der Waals surface area contributed by atoms with Gasteiger partial charge in [-0.15, -0.1) is 0 Å². The van der Waals surface area contributed by atoms with Gasteiger partial charge in [0.05, 0.1) is 0 Å². The molecule has 0 spiro atoms. The standard InChI is InChI=1S/C19H25NO5/c1-13-10-15(20(11-13)18(23)25-19(2,3)4)17(22)24-12-16(21)14-8-6-5-7-9-14/h5-9,13,15H,10-12H2,1-4H3/t13-,15-/m0/s1. The molecule has 0 N–H and O–H groups in total. The van der Waals surface area contributed by atoms with Crippen LogP contribution < -0.4 is 0 Å². The number of nitrogens with zero attached hydrogens (tertiary/aromatic N) is 1. The van der Waals surface area contributed by atoms with Crippen molar-refractivity contribution < 1.29 is 23.9 Å². The van der Waals surface area contributed by atoms with Gasteiger partial charge in [-0.2, -0.15) is 0 Å². The van der Waals surface area contributed by atoms with Gasteiger partial charge in [0.25, 0.3) is 0 Å². The Morgan fingerprint density at radius 2 is 1.80 bits per heavy atom. The minimum absolute atomic E-state index is 0.162. The van der Waals surface area contributed by atoms with E-state index in [2.05, 4.69) is 0 Å². The van der Waals surface area contributed by atoms with Gasteiger partial charge in [-0.05, 0) is 33.1 Å². The average Bonchev–Trinajstić information content (AvgIpc) is 2.93. The van der Waals surface area contributed by atoms with E-state index in [-0.39, 0.29) is 18.3 Å². The van der Waals surface area contributed by atoms with E-state index < -0.39 is 23.7 Å². The molecule has 25 heavy (non-hydrogen) atoms. The number of Topliss-reactive ketones (excluding diaryl/α,β-unsaturated/α-hetero) is 1. The number of hydrogen-bond acceptors (Lipinski definition) is 5. The zero-order chi connectivity index (χ0) is 18.6. The van der Waals surface area contributed by atoms with E-state index in [1.165, 1.54) is 4.90 Å². The van der Waals surface area contributed by atoms with Crippen LogP contribution in [0, 0.1) is 5.92 Å². The fourth-order valence-corrected chi connectivity index (χ4v) is 2.73. The monoisotopic (exact) mass is 347 g/mol. The lowest BCUT2D eigenvalue weighted by Gasteiger charge is -2.27. The number of hydrogen-bond donors (Lipinski definition) is 0. The number of carbonyl (C=O) groups is 3. The van der Waals surface area contributed by atoms with Crippen LogP contribution in [-0.4, -0.2) is 47.5 Å². The average molecular weight is 347 g/mol. The molecule has 1 aromatic rings. The molecule has 1 aromatic carbocycles. The molecule has 0 unspecified atom stereocenters. The van der Waals surface area contributed by atoms with Gasteiger partial charge in [-0.1, -0.05) is 37.3 Å². The fourth-order valence-electron chi connectivity index (χ4n) is 2.73. The molecule has 0 radical (unpaired) electrons. The SMILES string of the molecule is C[C@H]1C[C@@H](C(=O)OCC(=O)c2ccccc2)N(C(=O)OC(C)(C)C)C1. The first-order valence-corrected chi connectivity index (χ1v) is 8.42. The van der Waals surface area contributed by atoms with Gasteiger partial charge in [0.2, 0.25) is 0 Å². The third kappa shape index (κ3) is 5.31. The molecule has 0 aromatic heterocycles. The van der Waals surface area contributed by atoms with Crippen molar-refractivity contribution in [2.75, 3.05) is 13.2 Å². The molecule has 2 rings (SSSR count). The second-order valence-corrected chi connectivity index (χ2v) is 7.39. The van der Waals surface area contributed by atoms with Gasteiger partial charge >= 0.3 is 12.1 Å². The number of carbonyl (C=O) groups excluding carboxylic acids is 3. The lowest BCUT2D eigenvalue weighted by molar-refractivity contribution is -0.147. The van der Waals surface area contributed by atoms with Gasteiger partial charge in [0.15, 0.2) is 12.4 Å². The number of rotatable bonds is 4. The quantitative estimate of drug-likeness (QED) is 0.618. The maximum absolute atomic E-state index is 12.4. The summed E-state index contributed by atoms with van der Waals surface area (Å²) in [6.07, 6.45) is -0.0365. The summed E-state index contributed by atoms with van der Waals surface area (Å²) < 4.78 is 10.5. The minimum atomic E-state index is -0.714. The third-order valence-corrected chi connectivity index (χ3v) is 3.85. The van der Waals surface area contributed by atoms with Crippen LogP contribution in [0.1, 0.15) is 44.5 Å². The first-order valence-electron chi connectivity index (χ1n) is 8.42. The van der Waals surface area contributed by atoms with E-state index in [0.717, 1.165) is 0 Å². The van der Waals surface area contributed by atoms with Crippen molar-refractivity contribution in [3.05, 3.63) is 35.9 Å². The van der Waals surface area contributed by atoms with Crippen molar-refractivity contribution >= 4 is 17.8 Å². The molecule has 1 aliphatic heterocycles. The Bertz CT molecular complexity index is 635. The van der Waals surface area contributed by atoms with E-state index >= 15 is 0 Å². The molecule has 0 saturated carbocycles. The van der Waals surface area contributed by atoms with Crippen molar-refractivity contribution in [2.24, 2.45) is 5.92 Å². The first-order chi connectivity index (χ1) is 11.7. The molecule has 1 heterocycles. The number of ether oxygens (including phenoxy) is 2. The summed E-state index contributed by atoms with van der Waals surface area (Å²) in [4.78, 5) is 38.1. The topological polar surface area (TPSA) is 72.9 Å². The highest BCUT2D eigenvalue weighted by molar-refractivity contribution is 5.98. The van der Waals surface area contributed by atoms with Crippen molar-refractivity contribution in [2.45, 2.75) is 45.8 Å². The summed E-state index contributed by atoms with van der Waals surface area (Å²) in [5.74, 6) is -0.682. The predicted octanol–water partition coefficient (Wildman–Crippen LogP) is 3.06. The lowest BCUT2D eigenvalue weighted by Crippen LogP contribution is -2.44. The van der Waals surface area contributed by atoms with Gasteiger partial charge < -0.3 is 9.47 Å². The zero-order valence-electron chi connectivity index (χ0n) is 15.2. The van der Waals surface area contributed by atoms with Crippen LogP contribution in [0.2, 0.25) is 0 Å². The zero-order valence-corrected chi connectivity index (χ0v) is 15.2. The minimum Gasteiger partial charge on any atom is -0.456 e. The van der Waals surface area contributed by atoms with Crippen LogP contribution in [0.3, 0.4) is 0 Å². The Balaban J connectivity index is 1.96. The number of likely N-dealkylation sites (tertiary alicyclic amines) is 1. The molecule has 0 aliphatic carbocycles. The van der Waals surface area contributed by atoms with E-state index in [0.29, 0.717) is 18.5 Å². The molecule has 2 atom stereocenters. The molecular weight excluding hydrogens is 322 g/mol. The second kappa shape index (κ2) is 7.68. The highest BCUT2D eigenvalue weighted by Crippen LogP contribution is 2.26. The highest BCUT2D eigenvalue weighted by atomic mass is 16.6. The van der Waals surface area contributed by atoms with E-state index in [4.69, 9.17) is 9.47 Å². The molecule has 1 saturated heterocycles. The van der Waals surface area contributed by atoms with Gasteiger partial charge in [0, 0.05) is 12.1 Å². The molecule has 1 fully saturated rings. The molecule has 6 heteroatoms. The van der Waals surface area contributed by atoms with Crippen LogP contribution in [0.15, 0.2) is 30.3 Å². The Kier molecular flexibility index (Phi) is 5.82. The maximum Gasteiger partial charge on any atom is 0.411 e. The molecule has 6 nitrogen and oxygen atoms in total. The van der Waals surface area contributed by atoms with Crippen LogP contribution in [0.25, 0.3) is 0 Å².